The van der Waals surface area contributed by atoms with Crippen LogP contribution in [0.25, 0.3) is 0 Å². The lowest BCUT2D eigenvalue weighted by atomic mass is 10.0. The zero-order chi connectivity index (χ0) is 19.0. The van der Waals surface area contributed by atoms with E-state index in [9.17, 15) is 13.5 Å². The third-order valence-electron chi connectivity index (χ3n) is 3.99. The van der Waals surface area contributed by atoms with Gasteiger partial charge >= 0.3 is 5.17 Å². The molecule has 1 atom stereocenters. The third kappa shape index (κ3) is 4.14. The molecule has 9 heteroatoms. The Balaban J connectivity index is 2.45. The summed E-state index contributed by atoms with van der Waals surface area (Å²) in [6.45, 7) is 4.17. The molecule has 6 nitrogen and oxygen atoms in total. The standard InChI is InChI=1S/C16H25ClN3O3S2/c1-11(2)9-18-25(22,23)14-8-12(6-7-13(14)17)16(21)10-24-15(19(3)4)20(16)5/h6-8,11,18,21H,9-10H2,1-5H3/q+1. The van der Waals surface area contributed by atoms with E-state index in [0.717, 1.165) is 5.17 Å². The van der Waals surface area contributed by atoms with E-state index >= 15 is 0 Å². The van der Waals surface area contributed by atoms with Crippen molar-refractivity contribution in [3.8, 4) is 0 Å². The molecule has 0 bridgehead atoms. The van der Waals surface area contributed by atoms with E-state index in [-0.39, 0.29) is 15.8 Å². The molecule has 0 spiro atoms. The minimum Gasteiger partial charge on any atom is -0.349 e. The van der Waals surface area contributed by atoms with E-state index in [0.29, 0.717) is 17.9 Å². The zero-order valence-corrected chi connectivity index (χ0v) is 17.5. The molecule has 0 aromatic heterocycles. The van der Waals surface area contributed by atoms with Gasteiger partial charge in [0.15, 0.2) is 0 Å². The maximum absolute atomic E-state index is 12.6. The van der Waals surface area contributed by atoms with Gasteiger partial charge in [-0.2, -0.15) is 0 Å². The number of aliphatic hydroxyl groups is 1. The predicted octanol–water partition coefficient (Wildman–Crippen LogP) is 1.73. The van der Waals surface area contributed by atoms with Gasteiger partial charge < -0.3 is 5.11 Å². The minimum atomic E-state index is -3.75. The van der Waals surface area contributed by atoms with Crippen molar-refractivity contribution in [3.63, 3.8) is 0 Å². The average molecular weight is 407 g/mol. The van der Waals surface area contributed by atoms with Crippen LogP contribution in [0.4, 0.5) is 0 Å². The molecule has 140 valence electrons. The Hall–Kier alpha value is -0.800. The second kappa shape index (κ2) is 7.44. The summed E-state index contributed by atoms with van der Waals surface area (Å²) in [5.74, 6) is 0.577. The minimum absolute atomic E-state index is 0.0163. The molecule has 2 rings (SSSR count). The van der Waals surface area contributed by atoms with Gasteiger partial charge in [-0.15, -0.1) is 0 Å². The number of hydrogen-bond acceptors (Lipinski definition) is 4. The van der Waals surface area contributed by atoms with Gasteiger partial charge in [0, 0.05) is 12.1 Å². The summed E-state index contributed by atoms with van der Waals surface area (Å²) in [5.41, 5.74) is -0.800. The molecular weight excluding hydrogens is 382 g/mol. The van der Waals surface area contributed by atoms with Gasteiger partial charge in [-0.05, 0) is 29.8 Å². The molecule has 1 unspecified atom stereocenters. The van der Waals surface area contributed by atoms with E-state index < -0.39 is 15.7 Å². The van der Waals surface area contributed by atoms with Gasteiger partial charge in [0.2, 0.25) is 15.7 Å². The summed E-state index contributed by atoms with van der Waals surface area (Å²) in [6, 6.07) is 4.64. The van der Waals surface area contributed by atoms with E-state index in [2.05, 4.69) is 4.72 Å². The van der Waals surface area contributed by atoms with Crippen LogP contribution in [0.15, 0.2) is 23.1 Å². The molecule has 25 heavy (non-hydrogen) atoms. The van der Waals surface area contributed by atoms with Gasteiger partial charge in [0.1, 0.15) is 4.90 Å². The summed E-state index contributed by atoms with van der Waals surface area (Å²) < 4.78 is 29.6. The molecule has 0 aliphatic carbocycles. The Morgan fingerprint density at radius 1 is 1.44 bits per heavy atom. The van der Waals surface area contributed by atoms with Crippen LogP contribution in [0.5, 0.6) is 0 Å². The summed E-state index contributed by atoms with van der Waals surface area (Å²) in [7, 11) is 1.84. The first kappa shape index (κ1) is 20.5. The average Bonchev–Trinajstić information content (AvgIpc) is 2.82. The monoisotopic (exact) mass is 406 g/mol. The number of hydrogen-bond donors (Lipinski definition) is 2. The topological polar surface area (TPSA) is 72.7 Å². The normalized spacial score (nSPS) is 21.3. The van der Waals surface area contributed by atoms with Gasteiger partial charge in [-0.25, -0.2) is 18.0 Å². The van der Waals surface area contributed by atoms with Crippen LogP contribution in [0.2, 0.25) is 5.02 Å². The molecule has 1 aliphatic heterocycles. The molecule has 1 aromatic rings. The van der Waals surface area contributed by atoms with E-state index in [1.165, 1.54) is 23.9 Å². The molecule has 0 amide bonds. The summed E-state index contributed by atoms with van der Waals surface area (Å²) >= 11 is 7.64. The van der Waals surface area contributed by atoms with Gasteiger partial charge in [0.05, 0.1) is 31.9 Å². The number of benzene rings is 1. The first-order valence-electron chi connectivity index (χ1n) is 7.92. The van der Waals surface area contributed by atoms with Crippen molar-refractivity contribution < 1.29 is 18.1 Å². The number of nitrogens with one attached hydrogen (secondary N) is 1. The molecule has 1 fully saturated rings. The molecular formula is C16H25ClN3O3S2+. The van der Waals surface area contributed by atoms with Crippen LogP contribution >= 0.6 is 23.4 Å². The van der Waals surface area contributed by atoms with Gasteiger partial charge in [-0.1, -0.05) is 31.5 Å². The Kier molecular flexibility index (Phi) is 6.10. The number of amidine groups is 1. The van der Waals surface area contributed by atoms with E-state index in [1.807, 2.05) is 32.5 Å². The fourth-order valence-electron chi connectivity index (χ4n) is 2.54. The molecule has 1 saturated heterocycles. The van der Waals surface area contributed by atoms with Crippen molar-refractivity contribution in [2.45, 2.75) is 24.5 Å². The molecule has 1 aliphatic rings. The van der Waals surface area contributed by atoms with Gasteiger partial charge in [-0.3, -0.25) is 4.58 Å². The number of thioether (sulfide) groups is 1. The Morgan fingerprint density at radius 2 is 2.08 bits per heavy atom. The molecule has 1 heterocycles. The Labute approximate surface area is 158 Å². The first-order valence-corrected chi connectivity index (χ1v) is 10.8. The fraction of sp³-hybridized carbons (Fsp3) is 0.562. The van der Waals surface area contributed by atoms with Crippen molar-refractivity contribution in [3.05, 3.63) is 28.8 Å². The highest BCUT2D eigenvalue weighted by Gasteiger charge is 2.49. The Morgan fingerprint density at radius 3 is 2.60 bits per heavy atom. The van der Waals surface area contributed by atoms with Crippen molar-refractivity contribution >= 4 is 38.6 Å². The lowest BCUT2D eigenvalue weighted by Gasteiger charge is -2.26. The van der Waals surface area contributed by atoms with Gasteiger partial charge in [0.25, 0.3) is 0 Å². The van der Waals surface area contributed by atoms with Crippen LogP contribution in [0.1, 0.15) is 19.4 Å². The maximum Gasteiger partial charge on any atom is 0.310 e. The number of rotatable bonds is 5. The van der Waals surface area contributed by atoms with Crippen LogP contribution in [-0.4, -0.2) is 61.6 Å². The highest BCUT2D eigenvalue weighted by molar-refractivity contribution is 8.13. The highest BCUT2D eigenvalue weighted by atomic mass is 35.5. The summed E-state index contributed by atoms with van der Waals surface area (Å²) in [4.78, 5) is 1.73. The smallest absolute Gasteiger partial charge is 0.310 e. The fourth-order valence-corrected chi connectivity index (χ4v) is 5.57. The quantitative estimate of drug-likeness (QED) is 0.728. The second-order valence-electron chi connectivity index (χ2n) is 6.73. The Bertz CT molecular complexity index is 792. The van der Waals surface area contributed by atoms with Crippen LogP contribution in [0, 0.1) is 5.92 Å². The summed E-state index contributed by atoms with van der Waals surface area (Å²) in [6.07, 6.45) is 0. The lowest BCUT2D eigenvalue weighted by molar-refractivity contribution is -0.467. The molecule has 1 aromatic carbocycles. The van der Waals surface area contributed by atoms with Crippen molar-refractivity contribution in [2.24, 2.45) is 5.92 Å². The summed E-state index contributed by atoms with van der Waals surface area (Å²) in [5, 5.41) is 12.2. The van der Waals surface area contributed by atoms with Crippen molar-refractivity contribution in [1.82, 2.24) is 9.62 Å². The first-order chi connectivity index (χ1) is 11.5. The van der Waals surface area contributed by atoms with Crippen molar-refractivity contribution in [1.29, 1.82) is 0 Å². The number of nitrogens with zero attached hydrogens (tertiary/aromatic N) is 2. The highest BCUT2D eigenvalue weighted by Crippen LogP contribution is 2.39. The van der Waals surface area contributed by atoms with Crippen LogP contribution in [0.3, 0.4) is 0 Å². The van der Waals surface area contributed by atoms with Crippen molar-refractivity contribution in [2.75, 3.05) is 33.4 Å². The number of halogens is 1. The zero-order valence-electron chi connectivity index (χ0n) is 15.1. The third-order valence-corrected chi connectivity index (χ3v) is 7.34. The van der Waals surface area contributed by atoms with Crippen LogP contribution in [-0.2, 0) is 15.7 Å². The molecule has 2 N–H and O–H groups in total. The van der Waals surface area contributed by atoms with E-state index in [1.54, 1.807) is 18.0 Å². The van der Waals surface area contributed by atoms with E-state index in [4.69, 9.17) is 11.6 Å². The molecule has 0 radical (unpaired) electrons. The SMILES string of the molecule is CC(C)CNS(=O)(=O)c1cc(C2(O)CSC(=[N+](C)C)N2C)ccc1Cl. The lowest BCUT2D eigenvalue weighted by Crippen LogP contribution is -2.44. The molecule has 0 saturated carbocycles. The number of sulfonamides is 1. The maximum atomic E-state index is 12.6. The van der Waals surface area contributed by atoms with Crippen LogP contribution < -0.4 is 4.72 Å². The predicted molar refractivity (Wildman–Crippen MR) is 103 cm³/mol. The second-order valence-corrected chi connectivity index (χ2v) is 9.82. The largest absolute Gasteiger partial charge is 0.349 e.